The number of nitrogens with zero attached hydrogens (tertiary/aromatic N) is 1. The van der Waals surface area contributed by atoms with E-state index >= 15 is 0 Å². The Balaban J connectivity index is 1.15. The van der Waals surface area contributed by atoms with Gasteiger partial charge in [0.1, 0.15) is 0 Å². The summed E-state index contributed by atoms with van der Waals surface area (Å²) >= 11 is 1.77. The third-order valence-corrected chi connectivity index (χ3v) is 8.77. The summed E-state index contributed by atoms with van der Waals surface area (Å²) in [6.45, 7) is 0.263. The lowest BCUT2D eigenvalue weighted by atomic mass is 10.1. The average molecular weight is 489 g/mol. The Kier molecular flexibility index (Phi) is 6.30. The van der Waals surface area contributed by atoms with Gasteiger partial charge in [0, 0.05) is 34.7 Å². The summed E-state index contributed by atoms with van der Waals surface area (Å²) in [6.07, 6.45) is 0.672. The lowest BCUT2D eigenvalue weighted by Gasteiger charge is -2.18. The van der Waals surface area contributed by atoms with Crippen LogP contribution in [0.2, 0.25) is 0 Å². The van der Waals surface area contributed by atoms with E-state index in [1.807, 2.05) is 66.7 Å². The highest BCUT2D eigenvalue weighted by molar-refractivity contribution is 7.98. The number of anilines is 2. The van der Waals surface area contributed by atoms with E-state index in [-0.39, 0.29) is 18.9 Å². The minimum absolute atomic E-state index is 0.126. The van der Waals surface area contributed by atoms with Crippen molar-refractivity contribution in [1.82, 2.24) is 0 Å². The SMILES string of the molecule is O=C(CCCN1c2cccc3cccc(c23)S1(=O)=O)Nc1ccc(CSc2ccccc2)cc1. The number of rotatable bonds is 8. The Morgan fingerprint density at radius 1 is 0.853 bits per heavy atom. The van der Waals surface area contributed by atoms with Gasteiger partial charge >= 0.3 is 0 Å². The fourth-order valence-electron chi connectivity index (χ4n) is 4.17. The van der Waals surface area contributed by atoms with Crippen molar-refractivity contribution >= 4 is 49.8 Å². The normalized spacial score (nSPS) is 13.8. The first-order valence-electron chi connectivity index (χ1n) is 11.1. The van der Waals surface area contributed by atoms with Crippen molar-refractivity contribution in [2.24, 2.45) is 0 Å². The summed E-state index contributed by atoms with van der Waals surface area (Å²) in [5.74, 6) is 0.733. The van der Waals surface area contributed by atoms with Gasteiger partial charge in [-0.2, -0.15) is 0 Å². The molecule has 7 heteroatoms. The number of sulfonamides is 1. The van der Waals surface area contributed by atoms with E-state index in [1.165, 1.54) is 14.8 Å². The van der Waals surface area contributed by atoms with Gasteiger partial charge in [0.25, 0.3) is 10.0 Å². The van der Waals surface area contributed by atoms with Gasteiger partial charge in [-0.25, -0.2) is 8.42 Å². The Morgan fingerprint density at radius 3 is 2.35 bits per heavy atom. The number of hydrogen-bond acceptors (Lipinski definition) is 4. The van der Waals surface area contributed by atoms with Crippen LogP contribution in [0.4, 0.5) is 11.4 Å². The van der Waals surface area contributed by atoms with Crippen LogP contribution in [0.5, 0.6) is 0 Å². The zero-order valence-electron chi connectivity index (χ0n) is 18.5. The summed E-state index contributed by atoms with van der Waals surface area (Å²) in [5, 5.41) is 4.58. The van der Waals surface area contributed by atoms with Crippen molar-refractivity contribution < 1.29 is 13.2 Å². The second-order valence-electron chi connectivity index (χ2n) is 8.16. The second kappa shape index (κ2) is 9.52. The van der Waals surface area contributed by atoms with Crippen LogP contribution in [0, 0.1) is 0 Å². The lowest BCUT2D eigenvalue weighted by molar-refractivity contribution is -0.116. The standard InChI is InChI=1S/C27H24N2O3S2/c30-26(28-22-16-14-20(15-17-22)19-33-23-9-2-1-3-10-23)13-6-18-29-24-11-4-7-21-8-5-12-25(27(21)24)34(29,31)32/h1-5,7-12,14-17H,6,13,18-19H2,(H,28,30). The number of benzene rings is 4. The van der Waals surface area contributed by atoms with E-state index in [0.717, 1.165) is 22.2 Å². The Hall–Kier alpha value is -3.29. The molecule has 1 heterocycles. The minimum Gasteiger partial charge on any atom is -0.326 e. The predicted molar refractivity (Wildman–Crippen MR) is 139 cm³/mol. The summed E-state index contributed by atoms with van der Waals surface area (Å²) in [5.41, 5.74) is 2.61. The third kappa shape index (κ3) is 4.54. The molecule has 0 bridgehead atoms. The van der Waals surface area contributed by atoms with Crippen molar-refractivity contribution in [1.29, 1.82) is 0 Å². The molecule has 172 valence electrons. The van der Waals surface area contributed by atoms with Crippen LogP contribution in [0.3, 0.4) is 0 Å². The molecule has 0 saturated heterocycles. The molecular weight excluding hydrogens is 464 g/mol. The number of thioether (sulfide) groups is 1. The fourth-order valence-corrected chi connectivity index (χ4v) is 6.80. The van der Waals surface area contributed by atoms with E-state index in [0.29, 0.717) is 17.0 Å². The Bertz CT molecular complexity index is 1430. The molecule has 1 aliphatic rings. The predicted octanol–water partition coefficient (Wildman–Crippen LogP) is 6.06. The minimum atomic E-state index is -3.59. The first-order valence-corrected chi connectivity index (χ1v) is 13.6. The maximum absolute atomic E-state index is 13.0. The molecule has 0 aromatic heterocycles. The van der Waals surface area contributed by atoms with Gasteiger partial charge in [-0.3, -0.25) is 9.10 Å². The van der Waals surface area contributed by atoms with Crippen molar-refractivity contribution in [2.45, 2.75) is 28.4 Å². The van der Waals surface area contributed by atoms with Crippen LogP contribution >= 0.6 is 11.8 Å². The van der Waals surface area contributed by atoms with E-state index in [9.17, 15) is 13.2 Å². The highest BCUT2D eigenvalue weighted by atomic mass is 32.2. The molecule has 5 nitrogen and oxygen atoms in total. The highest BCUT2D eigenvalue weighted by Gasteiger charge is 2.35. The molecule has 0 radical (unpaired) electrons. The number of nitrogens with one attached hydrogen (secondary N) is 1. The zero-order valence-corrected chi connectivity index (χ0v) is 20.1. The first-order chi connectivity index (χ1) is 16.5. The molecule has 5 rings (SSSR count). The van der Waals surface area contributed by atoms with E-state index < -0.39 is 10.0 Å². The smallest absolute Gasteiger partial charge is 0.265 e. The molecule has 0 atom stereocenters. The summed E-state index contributed by atoms with van der Waals surface area (Å²) < 4.78 is 27.5. The van der Waals surface area contributed by atoms with Crippen molar-refractivity contribution in [3.63, 3.8) is 0 Å². The Morgan fingerprint density at radius 2 is 1.59 bits per heavy atom. The molecule has 0 fully saturated rings. The zero-order chi connectivity index (χ0) is 23.5. The number of carbonyl (C=O) groups excluding carboxylic acids is 1. The van der Waals surface area contributed by atoms with Gasteiger partial charge in [0.15, 0.2) is 0 Å². The van der Waals surface area contributed by atoms with Gasteiger partial charge in [-0.1, -0.05) is 54.6 Å². The van der Waals surface area contributed by atoms with Crippen molar-refractivity contribution in [3.05, 3.63) is 96.6 Å². The number of hydrogen-bond donors (Lipinski definition) is 1. The van der Waals surface area contributed by atoms with Crippen molar-refractivity contribution in [2.75, 3.05) is 16.2 Å². The molecule has 0 aliphatic carbocycles. The quantitative estimate of drug-likeness (QED) is 0.306. The molecule has 0 saturated carbocycles. The summed E-state index contributed by atoms with van der Waals surface area (Å²) in [6, 6.07) is 29.0. The van der Waals surface area contributed by atoms with Crippen LogP contribution in [0.1, 0.15) is 18.4 Å². The van der Waals surface area contributed by atoms with E-state index in [4.69, 9.17) is 0 Å². The van der Waals surface area contributed by atoms with Crippen LogP contribution < -0.4 is 9.62 Å². The van der Waals surface area contributed by atoms with Crippen molar-refractivity contribution in [3.8, 4) is 0 Å². The maximum atomic E-state index is 13.0. The van der Waals surface area contributed by atoms with Crippen LogP contribution in [-0.2, 0) is 20.6 Å². The molecule has 34 heavy (non-hydrogen) atoms. The summed E-state index contributed by atoms with van der Waals surface area (Å²) in [4.78, 5) is 14.0. The lowest BCUT2D eigenvalue weighted by Crippen LogP contribution is -2.28. The number of carbonyl (C=O) groups is 1. The van der Waals surface area contributed by atoms with Gasteiger partial charge in [0.2, 0.25) is 5.91 Å². The van der Waals surface area contributed by atoms with Gasteiger partial charge in [-0.05, 0) is 53.8 Å². The van der Waals surface area contributed by atoms with Gasteiger partial charge in [0.05, 0.1) is 10.6 Å². The fraction of sp³-hybridized carbons (Fsp3) is 0.148. The summed E-state index contributed by atoms with van der Waals surface area (Å²) in [7, 11) is -3.59. The van der Waals surface area contributed by atoms with Crippen LogP contribution in [-0.4, -0.2) is 20.9 Å². The van der Waals surface area contributed by atoms with Crippen LogP contribution in [0.15, 0.2) is 101 Å². The topological polar surface area (TPSA) is 66.5 Å². The molecule has 1 aliphatic heterocycles. The number of amides is 1. The third-order valence-electron chi connectivity index (χ3n) is 5.83. The molecule has 4 aromatic carbocycles. The van der Waals surface area contributed by atoms with E-state index in [1.54, 1.807) is 23.9 Å². The largest absolute Gasteiger partial charge is 0.326 e. The highest BCUT2D eigenvalue weighted by Crippen LogP contribution is 2.42. The van der Waals surface area contributed by atoms with E-state index in [2.05, 4.69) is 17.4 Å². The molecular formula is C27H24N2O3S2. The Labute approximate surface area is 203 Å². The first kappa shape index (κ1) is 22.5. The van der Waals surface area contributed by atoms with Gasteiger partial charge < -0.3 is 5.32 Å². The molecule has 0 spiro atoms. The molecule has 1 amide bonds. The maximum Gasteiger partial charge on any atom is 0.265 e. The molecule has 0 unspecified atom stereocenters. The average Bonchev–Trinajstić information content (AvgIpc) is 3.07. The monoisotopic (exact) mass is 488 g/mol. The van der Waals surface area contributed by atoms with Crippen LogP contribution in [0.25, 0.3) is 10.8 Å². The molecule has 4 aromatic rings. The molecule has 1 N–H and O–H groups in total. The van der Waals surface area contributed by atoms with Gasteiger partial charge in [-0.15, -0.1) is 11.8 Å². The second-order valence-corrected chi connectivity index (χ2v) is 11.0.